The van der Waals surface area contributed by atoms with E-state index in [-0.39, 0.29) is 0 Å². The lowest BCUT2D eigenvalue weighted by atomic mass is 10.0. The molecule has 4 heteroatoms. The number of anilines is 1. The molecule has 1 aromatic rings. The molecule has 20 heavy (non-hydrogen) atoms. The molecule has 1 aliphatic carbocycles. The number of hydrogen-bond acceptors (Lipinski definition) is 4. The zero-order valence-electron chi connectivity index (χ0n) is 12.4. The Balaban J connectivity index is 1.79. The van der Waals surface area contributed by atoms with Crippen molar-refractivity contribution in [3.05, 3.63) is 23.8 Å². The first-order chi connectivity index (χ1) is 9.70. The van der Waals surface area contributed by atoms with Gasteiger partial charge in [-0.1, -0.05) is 6.07 Å². The first-order valence-corrected chi connectivity index (χ1v) is 7.54. The highest BCUT2D eigenvalue weighted by Crippen LogP contribution is 2.36. The van der Waals surface area contributed by atoms with Gasteiger partial charge in [-0.05, 0) is 31.9 Å². The fourth-order valence-electron chi connectivity index (χ4n) is 3.17. The second-order valence-electron chi connectivity index (χ2n) is 5.82. The minimum Gasteiger partial charge on any atom is -0.496 e. The van der Waals surface area contributed by atoms with Gasteiger partial charge in [-0.25, -0.2) is 0 Å². The number of nitrogens with zero attached hydrogens (tertiary/aromatic N) is 2. The van der Waals surface area contributed by atoms with Gasteiger partial charge in [-0.3, -0.25) is 4.90 Å². The Hall–Kier alpha value is -1.26. The van der Waals surface area contributed by atoms with E-state index in [2.05, 4.69) is 15.9 Å². The lowest BCUT2D eigenvalue weighted by Gasteiger charge is -2.37. The van der Waals surface area contributed by atoms with Gasteiger partial charge >= 0.3 is 0 Å². The number of hydrogen-bond donors (Lipinski definition) is 1. The SMILES string of the molecule is COc1cccc(N2CCN(C3CC3)CC2)c1[C@H](C)O. The van der Waals surface area contributed by atoms with Gasteiger partial charge < -0.3 is 14.7 Å². The molecule has 0 radical (unpaired) electrons. The first-order valence-electron chi connectivity index (χ1n) is 7.54. The standard InChI is InChI=1S/C16H24N2O2/c1-12(19)16-14(4-3-5-15(16)20-2)18-10-8-17(9-11-18)13-6-7-13/h3-5,12-13,19H,6-11H2,1-2H3/t12-/m0/s1. The van der Waals surface area contributed by atoms with Crippen LogP contribution in [0.25, 0.3) is 0 Å². The molecule has 1 atom stereocenters. The van der Waals surface area contributed by atoms with Crippen molar-refractivity contribution in [3.63, 3.8) is 0 Å². The third-order valence-electron chi connectivity index (χ3n) is 4.40. The molecule has 2 aliphatic rings. The number of benzene rings is 1. The summed E-state index contributed by atoms with van der Waals surface area (Å²) in [5, 5.41) is 10.1. The Morgan fingerprint density at radius 1 is 1.20 bits per heavy atom. The highest BCUT2D eigenvalue weighted by atomic mass is 16.5. The van der Waals surface area contributed by atoms with Crippen molar-refractivity contribution in [3.8, 4) is 5.75 Å². The Bertz CT molecular complexity index is 464. The zero-order valence-corrected chi connectivity index (χ0v) is 12.4. The fraction of sp³-hybridized carbons (Fsp3) is 0.625. The van der Waals surface area contributed by atoms with Crippen molar-refractivity contribution in [2.45, 2.75) is 31.9 Å². The molecule has 110 valence electrons. The van der Waals surface area contributed by atoms with Crippen LogP contribution in [0.1, 0.15) is 31.4 Å². The number of ether oxygens (including phenoxy) is 1. The summed E-state index contributed by atoms with van der Waals surface area (Å²) in [5.41, 5.74) is 2.03. The van der Waals surface area contributed by atoms with Gasteiger partial charge in [0.05, 0.1) is 13.2 Å². The summed E-state index contributed by atoms with van der Waals surface area (Å²) in [6, 6.07) is 6.87. The maximum absolute atomic E-state index is 10.1. The molecule has 1 aromatic carbocycles. The zero-order chi connectivity index (χ0) is 14.1. The van der Waals surface area contributed by atoms with Gasteiger partial charge in [0.1, 0.15) is 5.75 Å². The van der Waals surface area contributed by atoms with Gasteiger partial charge in [-0.15, -0.1) is 0 Å². The van der Waals surface area contributed by atoms with E-state index in [9.17, 15) is 5.11 Å². The van der Waals surface area contributed by atoms with Crippen LogP contribution in [-0.2, 0) is 0 Å². The number of piperazine rings is 1. The third-order valence-corrected chi connectivity index (χ3v) is 4.40. The van der Waals surface area contributed by atoms with Crippen LogP contribution in [0.2, 0.25) is 0 Å². The molecular formula is C16H24N2O2. The quantitative estimate of drug-likeness (QED) is 0.913. The Labute approximate surface area is 120 Å². The van der Waals surface area contributed by atoms with Gasteiger partial charge in [0, 0.05) is 43.5 Å². The van der Waals surface area contributed by atoms with Crippen LogP contribution < -0.4 is 9.64 Å². The molecule has 3 rings (SSSR count). The average Bonchev–Trinajstić information content (AvgIpc) is 3.31. The normalized spacial score (nSPS) is 21.9. The lowest BCUT2D eigenvalue weighted by molar-refractivity contribution is 0.193. The molecule has 0 amide bonds. The van der Waals surface area contributed by atoms with Crippen molar-refractivity contribution in [2.24, 2.45) is 0 Å². The summed E-state index contributed by atoms with van der Waals surface area (Å²) in [4.78, 5) is 4.97. The summed E-state index contributed by atoms with van der Waals surface area (Å²) in [7, 11) is 1.66. The van der Waals surface area contributed by atoms with E-state index in [4.69, 9.17) is 4.74 Å². The number of rotatable bonds is 4. The molecule has 1 aliphatic heterocycles. The molecule has 1 saturated heterocycles. The molecule has 4 nitrogen and oxygen atoms in total. The van der Waals surface area contributed by atoms with Crippen LogP contribution in [0.3, 0.4) is 0 Å². The molecule has 0 unspecified atom stereocenters. The van der Waals surface area contributed by atoms with Crippen LogP contribution in [0.15, 0.2) is 18.2 Å². The Kier molecular flexibility index (Phi) is 3.85. The van der Waals surface area contributed by atoms with Crippen molar-refractivity contribution >= 4 is 5.69 Å². The van der Waals surface area contributed by atoms with E-state index in [1.165, 1.54) is 12.8 Å². The maximum Gasteiger partial charge on any atom is 0.126 e. The Morgan fingerprint density at radius 3 is 2.45 bits per heavy atom. The van der Waals surface area contributed by atoms with E-state index in [1.807, 2.05) is 19.1 Å². The smallest absolute Gasteiger partial charge is 0.126 e. The van der Waals surface area contributed by atoms with Crippen LogP contribution in [0, 0.1) is 0 Å². The molecule has 1 saturated carbocycles. The molecule has 0 aromatic heterocycles. The molecule has 2 fully saturated rings. The van der Waals surface area contributed by atoms with Gasteiger partial charge in [0.15, 0.2) is 0 Å². The largest absolute Gasteiger partial charge is 0.496 e. The van der Waals surface area contributed by atoms with Crippen LogP contribution >= 0.6 is 0 Å². The van der Waals surface area contributed by atoms with E-state index in [0.717, 1.165) is 49.2 Å². The van der Waals surface area contributed by atoms with Crippen LogP contribution in [0.5, 0.6) is 5.75 Å². The second-order valence-corrected chi connectivity index (χ2v) is 5.82. The van der Waals surface area contributed by atoms with Gasteiger partial charge in [-0.2, -0.15) is 0 Å². The van der Waals surface area contributed by atoms with Crippen molar-refractivity contribution in [1.82, 2.24) is 4.90 Å². The number of methoxy groups -OCH3 is 1. The molecule has 0 bridgehead atoms. The lowest BCUT2D eigenvalue weighted by Crippen LogP contribution is -2.47. The second kappa shape index (κ2) is 5.62. The molecule has 1 heterocycles. The van der Waals surface area contributed by atoms with Gasteiger partial charge in [0.2, 0.25) is 0 Å². The van der Waals surface area contributed by atoms with E-state index >= 15 is 0 Å². The number of aliphatic hydroxyl groups is 1. The third kappa shape index (κ3) is 2.63. The maximum atomic E-state index is 10.1. The summed E-state index contributed by atoms with van der Waals surface area (Å²) in [5.74, 6) is 0.780. The van der Waals surface area contributed by atoms with Crippen molar-refractivity contribution in [2.75, 3.05) is 38.2 Å². The van der Waals surface area contributed by atoms with E-state index in [1.54, 1.807) is 7.11 Å². The van der Waals surface area contributed by atoms with Crippen molar-refractivity contribution < 1.29 is 9.84 Å². The average molecular weight is 276 g/mol. The summed E-state index contributed by atoms with van der Waals surface area (Å²) < 4.78 is 5.41. The molecular weight excluding hydrogens is 252 g/mol. The summed E-state index contributed by atoms with van der Waals surface area (Å²) in [6.45, 7) is 6.12. The predicted octanol–water partition coefficient (Wildman–Crippen LogP) is 2.03. The molecule has 0 spiro atoms. The Morgan fingerprint density at radius 2 is 1.90 bits per heavy atom. The monoisotopic (exact) mass is 276 g/mol. The fourth-order valence-corrected chi connectivity index (χ4v) is 3.17. The minimum atomic E-state index is -0.511. The van der Waals surface area contributed by atoms with Crippen molar-refractivity contribution in [1.29, 1.82) is 0 Å². The van der Waals surface area contributed by atoms with E-state index in [0.29, 0.717) is 0 Å². The van der Waals surface area contributed by atoms with E-state index < -0.39 is 6.10 Å². The minimum absolute atomic E-state index is 0.511. The summed E-state index contributed by atoms with van der Waals surface area (Å²) in [6.07, 6.45) is 2.23. The van der Waals surface area contributed by atoms with Gasteiger partial charge in [0.25, 0.3) is 0 Å². The molecule has 1 N–H and O–H groups in total. The highest BCUT2D eigenvalue weighted by molar-refractivity contribution is 5.60. The summed E-state index contributed by atoms with van der Waals surface area (Å²) >= 11 is 0. The predicted molar refractivity (Wildman–Crippen MR) is 80.4 cm³/mol. The van der Waals surface area contributed by atoms with Crippen LogP contribution in [0.4, 0.5) is 5.69 Å². The topological polar surface area (TPSA) is 35.9 Å². The van der Waals surface area contributed by atoms with Crippen LogP contribution in [-0.4, -0.2) is 49.3 Å². The first kappa shape index (κ1) is 13.7. The number of aliphatic hydroxyl groups excluding tert-OH is 1. The highest BCUT2D eigenvalue weighted by Gasteiger charge is 2.32.